The molecule has 2 nitrogen and oxygen atoms in total. The van der Waals surface area contributed by atoms with E-state index in [2.05, 4.69) is 59.2 Å². The molecule has 1 aliphatic rings. The summed E-state index contributed by atoms with van der Waals surface area (Å²) >= 11 is 2.40. The summed E-state index contributed by atoms with van der Waals surface area (Å²) in [6, 6.07) is 4.20. The predicted molar refractivity (Wildman–Crippen MR) is 95.6 cm³/mol. The molecule has 1 aliphatic heterocycles. The van der Waals surface area contributed by atoms with E-state index in [0.717, 1.165) is 31.7 Å². The van der Waals surface area contributed by atoms with Gasteiger partial charge in [-0.3, -0.25) is 4.90 Å². The molecule has 1 heterocycles. The normalized spacial score (nSPS) is 16.4. The van der Waals surface area contributed by atoms with E-state index in [9.17, 15) is 0 Å². The van der Waals surface area contributed by atoms with Crippen molar-refractivity contribution in [3.8, 4) is 0 Å². The quantitative estimate of drug-likeness (QED) is 0.488. The summed E-state index contributed by atoms with van der Waals surface area (Å²) in [6.45, 7) is 8.96. The minimum atomic E-state index is 0.871. The van der Waals surface area contributed by atoms with Crippen molar-refractivity contribution < 1.29 is 0 Å². The van der Waals surface area contributed by atoms with Gasteiger partial charge in [0.15, 0.2) is 0 Å². The Labute approximate surface area is 135 Å². The molecule has 1 aromatic rings. The number of rotatable bonds is 4. The molecule has 0 saturated carbocycles. The fourth-order valence-electron chi connectivity index (χ4n) is 2.57. The van der Waals surface area contributed by atoms with Crippen LogP contribution in [0.15, 0.2) is 48.6 Å². The van der Waals surface area contributed by atoms with Crippen molar-refractivity contribution in [3.05, 3.63) is 63.3 Å². The van der Waals surface area contributed by atoms with Crippen molar-refractivity contribution in [1.29, 1.82) is 0 Å². The monoisotopic (exact) mass is 380 g/mol. The first kappa shape index (κ1) is 15.3. The average Bonchev–Trinajstić information content (AvgIpc) is 2.38. The number of anilines is 1. The second-order valence-electron chi connectivity index (χ2n) is 5.23. The van der Waals surface area contributed by atoms with Gasteiger partial charge in [0.2, 0.25) is 0 Å². The molecule has 0 aromatic heterocycles. The predicted octanol–water partition coefficient (Wildman–Crippen LogP) is 3.92. The number of benzene rings is 1. The molecule has 0 unspecified atom stereocenters. The number of nitrogens with zero attached hydrogens (tertiary/aromatic N) is 1. The highest BCUT2D eigenvalue weighted by molar-refractivity contribution is 14.1. The van der Waals surface area contributed by atoms with Gasteiger partial charge in [-0.25, -0.2) is 0 Å². The zero-order valence-corrected chi connectivity index (χ0v) is 14.1. The van der Waals surface area contributed by atoms with Gasteiger partial charge in [-0.1, -0.05) is 36.5 Å². The molecular weight excluding hydrogens is 359 g/mol. The summed E-state index contributed by atoms with van der Waals surface area (Å²) in [6.07, 6.45) is 9.06. The minimum absolute atomic E-state index is 0.871. The number of nitrogens with two attached hydrogens (primary N) is 1. The first-order valence-corrected chi connectivity index (χ1v) is 7.92. The lowest BCUT2D eigenvalue weighted by Gasteiger charge is -2.29. The molecule has 3 heteroatoms. The van der Waals surface area contributed by atoms with Gasteiger partial charge >= 0.3 is 0 Å². The van der Waals surface area contributed by atoms with E-state index in [-0.39, 0.29) is 0 Å². The molecule has 106 valence electrons. The second-order valence-corrected chi connectivity index (χ2v) is 6.40. The number of hydrogen-bond donors (Lipinski definition) is 1. The van der Waals surface area contributed by atoms with E-state index in [0.29, 0.717) is 0 Å². The number of halogens is 1. The van der Waals surface area contributed by atoms with E-state index >= 15 is 0 Å². The topological polar surface area (TPSA) is 29.3 Å². The Hall–Kier alpha value is -1.07. The molecular formula is C17H21IN2. The van der Waals surface area contributed by atoms with Crippen LogP contribution in [-0.2, 0) is 13.0 Å². The maximum atomic E-state index is 5.96. The molecule has 0 radical (unpaired) electrons. The average molecular weight is 380 g/mol. The lowest BCUT2D eigenvalue weighted by atomic mass is 9.99. The van der Waals surface area contributed by atoms with E-state index in [1.807, 2.05) is 12.2 Å². The van der Waals surface area contributed by atoms with Crippen LogP contribution in [0.1, 0.15) is 18.1 Å². The fourth-order valence-corrected chi connectivity index (χ4v) is 3.54. The Bertz CT molecular complexity index is 558. The van der Waals surface area contributed by atoms with Crippen LogP contribution < -0.4 is 5.73 Å². The third-order valence-corrected chi connectivity index (χ3v) is 4.45. The zero-order valence-electron chi connectivity index (χ0n) is 11.9. The summed E-state index contributed by atoms with van der Waals surface area (Å²) in [4.78, 5) is 2.48. The van der Waals surface area contributed by atoms with Gasteiger partial charge in [0.25, 0.3) is 0 Å². The van der Waals surface area contributed by atoms with Crippen LogP contribution >= 0.6 is 22.6 Å². The Morgan fingerprint density at radius 3 is 3.00 bits per heavy atom. The molecule has 20 heavy (non-hydrogen) atoms. The minimum Gasteiger partial charge on any atom is -0.399 e. The molecule has 0 atom stereocenters. The third kappa shape index (κ3) is 3.96. The Morgan fingerprint density at radius 2 is 2.25 bits per heavy atom. The highest BCUT2D eigenvalue weighted by atomic mass is 127. The van der Waals surface area contributed by atoms with E-state index < -0.39 is 0 Å². The third-order valence-electron chi connectivity index (χ3n) is 3.48. The zero-order chi connectivity index (χ0) is 14.5. The van der Waals surface area contributed by atoms with Gasteiger partial charge in [0.1, 0.15) is 0 Å². The van der Waals surface area contributed by atoms with Gasteiger partial charge in [-0.15, -0.1) is 0 Å². The van der Waals surface area contributed by atoms with Crippen molar-refractivity contribution >= 4 is 28.3 Å². The molecule has 2 rings (SSSR count). The van der Waals surface area contributed by atoms with E-state index in [1.54, 1.807) is 6.08 Å². The van der Waals surface area contributed by atoms with Gasteiger partial charge in [0, 0.05) is 28.9 Å². The van der Waals surface area contributed by atoms with Crippen molar-refractivity contribution in [2.45, 2.75) is 19.9 Å². The van der Waals surface area contributed by atoms with Gasteiger partial charge < -0.3 is 5.73 Å². The lowest BCUT2D eigenvalue weighted by molar-refractivity contribution is 0.275. The number of fused-ring (bicyclic) bond motifs is 1. The maximum absolute atomic E-state index is 5.96. The Morgan fingerprint density at radius 1 is 1.45 bits per heavy atom. The van der Waals surface area contributed by atoms with Gasteiger partial charge in [0.05, 0.1) is 0 Å². The summed E-state index contributed by atoms with van der Waals surface area (Å²) in [5.74, 6) is 0. The van der Waals surface area contributed by atoms with Crippen molar-refractivity contribution in [3.63, 3.8) is 0 Å². The first-order chi connectivity index (χ1) is 9.60. The Kier molecular flexibility index (Phi) is 5.43. The molecule has 0 spiro atoms. The summed E-state index contributed by atoms with van der Waals surface area (Å²) in [7, 11) is 0. The molecule has 0 saturated heterocycles. The first-order valence-electron chi connectivity index (χ1n) is 6.84. The van der Waals surface area contributed by atoms with Crippen LogP contribution in [0.3, 0.4) is 0 Å². The van der Waals surface area contributed by atoms with Crippen molar-refractivity contribution in [1.82, 2.24) is 4.90 Å². The highest BCUT2D eigenvalue weighted by Crippen LogP contribution is 2.26. The van der Waals surface area contributed by atoms with Crippen LogP contribution in [0.2, 0.25) is 0 Å². The van der Waals surface area contributed by atoms with Crippen molar-refractivity contribution in [2.24, 2.45) is 0 Å². The SMILES string of the molecule is C=C/C=C\C=C(/C)CN1CCc2c(I)cc(N)cc2C1. The Balaban J connectivity index is 2.06. The largest absolute Gasteiger partial charge is 0.399 e. The number of allylic oxidation sites excluding steroid dienone is 4. The molecule has 1 aromatic carbocycles. The molecule has 0 amide bonds. The lowest BCUT2D eigenvalue weighted by Crippen LogP contribution is -2.32. The second kappa shape index (κ2) is 7.09. The molecule has 0 aliphatic carbocycles. The van der Waals surface area contributed by atoms with Crippen LogP contribution in [-0.4, -0.2) is 18.0 Å². The van der Waals surface area contributed by atoms with Gasteiger partial charge in [-0.2, -0.15) is 0 Å². The molecule has 0 fully saturated rings. The smallest absolute Gasteiger partial charge is 0.0328 e. The van der Waals surface area contributed by atoms with E-state index in [4.69, 9.17) is 5.73 Å². The fraction of sp³-hybridized carbons (Fsp3) is 0.294. The van der Waals surface area contributed by atoms with Crippen LogP contribution in [0, 0.1) is 3.57 Å². The highest BCUT2D eigenvalue weighted by Gasteiger charge is 2.18. The number of hydrogen-bond acceptors (Lipinski definition) is 2. The maximum Gasteiger partial charge on any atom is 0.0328 e. The van der Waals surface area contributed by atoms with E-state index in [1.165, 1.54) is 20.3 Å². The molecule has 0 bridgehead atoms. The summed E-state index contributed by atoms with van der Waals surface area (Å²) in [5, 5.41) is 0. The number of nitrogen functional groups attached to an aromatic ring is 1. The van der Waals surface area contributed by atoms with Crippen molar-refractivity contribution in [2.75, 3.05) is 18.8 Å². The van der Waals surface area contributed by atoms with Crippen LogP contribution in [0.4, 0.5) is 5.69 Å². The standard InChI is InChI=1S/C17H21IN2/c1-3-4-5-6-13(2)11-20-8-7-16-14(12-20)9-15(19)10-17(16)18/h3-6,9-10H,1,7-8,11-12,19H2,2H3/b5-4-,13-6+. The molecule has 2 N–H and O–H groups in total. The summed E-state index contributed by atoms with van der Waals surface area (Å²) < 4.78 is 1.30. The van der Waals surface area contributed by atoms with Gasteiger partial charge in [-0.05, 0) is 59.2 Å². The van der Waals surface area contributed by atoms with Crippen LogP contribution in [0.25, 0.3) is 0 Å². The van der Waals surface area contributed by atoms with Crippen LogP contribution in [0.5, 0.6) is 0 Å². The summed E-state index contributed by atoms with van der Waals surface area (Å²) in [5.41, 5.74) is 11.1.